The molecular weight excluding hydrogens is 379 g/mol. The zero-order chi connectivity index (χ0) is 19.5. The number of nitrogens with one attached hydrogen (secondary N) is 1. The lowest BCUT2D eigenvalue weighted by molar-refractivity contribution is -0.367. The summed E-state index contributed by atoms with van der Waals surface area (Å²) in [6.07, 6.45) is -1.93. The van der Waals surface area contributed by atoms with E-state index >= 15 is 0 Å². The summed E-state index contributed by atoms with van der Waals surface area (Å²) in [5, 5.41) is 1.18. The van der Waals surface area contributed by atoms with E-state index in [1.807, 2.05) is 35.2 Å². The molecule has 3 rings (SSSR count). The van der Waals surface area contributed by atoms with Crippen molar-refractivity contribution in [1.29, 1.82) is 0 Å². The molecule has 5 nitrogen and oxygen atoms in total. The van der Waals surface area contributed by atoms with Crippen molar-refractivity contribution in [3.63, 3.8) is 0 Å². The number of hydrogen-bond acceptors (Lipinski definition) is 3. The number of anilines is 1. The zero-order valence-corrected chi connectivity index (χ0v) is 15.2. The van der Waals surface area contributed by atoms with Crippen LogP contribution in [0, 0.1) is 0 Å². The van der Waals surface area contributed by atoms with E-state index in [9.17, 15) is 21.6 Å². The van der Waals surface area contributed by atoms with Crippen LogP contribution in [-0.2, 0) is 16.2 Å². The van der Waals surface area contributed by atoms with Crippen molar-refractivity contribution in [2.45, 2.75) is 6.18 Å². The fourth-order valence-corrected chi connectivity index (χ4v) is 3.96. The molecule has 0 spiro atoms. The Morgan fingerprint density at radius 1 is 0.963 bits per heavy atom. The van der Waals surface area contributed by atoms with Gasteiger partial charge in [0.1, 0.15) is 6.20 Å². The summed E-state index contributed by atoms with van der Waals surface area (Å²) in [6.45, 7) is 1.30. The van der Waals surface area contributed by atoms with Crippen LogP contribution in [0.4, 0.5) is 19.0 Å². The number of piperazine rings is 1. The van der Waals surface area contributed by atoms with E-state index in [0.717, 1.165) is 17.8 Å². The predicted octanol–water partition coefficient (Wildman–Crippen LogP) is 2.64. The minimum absolute atomic E-state index is 0.260. The molecule has 1 N–H and O–H groups in total. The third-order valence-corrected chi connectivity index (χ3v) is 5.86. The van der Waals surface area contributed by atoms with Crippen LogP contribution >= 0.6 is 0 Å². The van der Waals surface area contributed by atoms with Crippen LogP contribution in [-0.4, -0.2) is 38.9 Å². The number of halogens is 3. The van der Waals surface area contributed by atoms with Gasteiger partial charge in [0.15, 0.2) is 0 Å². The van der Waals surface area contributed by atoms with Crippen molar-refractivity contribution in [3.8, 4) is 0 Å². The number of rotatable bonds is 4. The molecule has 1 aliphatic rings. The number of hydrogen-bond donors (Lipinski definition) is 0. The van der Waals surface area contributed by atoms with E-state index in [1.165, 1.54) is 15.8 Å². The molecule has 0 unspecified atom stereocenters. The van der Waals surface area contributed by atoms with Crippen LogP contribution in [0.15, 0.2) is 54.1 Å². The van der Waals surface area contributed by atoms with Crippen molar-refractivity contribution in [2.24, 2.45) is 0 Å². The molecule has 144 valence electrons. The molecule has 27 heavy (non-hydrogen) atoms. The first kappa shape index (κ1) is 19.4. The van der Waals surface area contributed by atoms with Gasteiger partial charge in [-0.1, -0.05) is 30.3 Å². The first-order chi connectivity index (χ1) is 12.8. The molecule has 2 aromatic rings. The Bertz CT molecular complexity index is 890. The van der Waals surface area contributed by atoms with Gasteiger partial charge in [0.2, 0.25) is 10.0 Å². The third-order valence-electron chi connectivity index (χ3n) is 4.29. The summed E-state index contributed by atoms with van der Waals surface area (Å²) in [5.74, 6) is 0.528. The molecule has 9 heteroatoms. The highest BCUT2D eigenvalue weighted by Gasteiger charge is 2.33. The quantitative estimate of drug-likeness (QED) is 0.796. The first-order valence-electron chi connectivity index (χ1n) is 8.33. The molecule has 0 saturated carbocycles. The highest BCUT2D eigenvalue weighted by atomic mass is 32.2. The molecule has 1 saturated heterocycles. The Labute approximate surface area is 155 Å². The summed E-state index contributed by atoms with van der Waals surface area (Å²) >= 11 is 0. The largest absolute Gasteiger partial charge is 0.419 e. The smallest absolute Gasteiger partial charge is 0.259 e. The first-order valence-corrected chi connectivity index (χ1v) is 9.83. The Morgan fingerprint density at radius 3 is 2.19 bits per heavy atom. The number of nitrogens with zero attached hydrogens (tertiary/aromatic N) is 2. The maximum atomic E-state index is 12.6. The summed E-state index contributed by atoms with van der Waals surface area (Å²) in [7, 11) is -3.55. The fourth-order valence-electron chi connectivity index (χ4n) is 2.79. The normalized spacial score (nSPS) is 16.8. The topological polar surface area (TPSA) is 54.8 Å². The average molecular weight is 398 g/mol. The van der Waals surface area contributed by atoms with E-state index in [4.69, 9.17) is 0 Å². The second-order valence-electron chi connectivity index (χ2n) is 6.10. The van der Waals surface area contributed by atoms with E-state index < -0.39 is 21.8 Å². The van der Waals surface area contributed by atoms with Gasteiger partial charge >= 0.3 is 6.18 Å². The van der Waals surface area contributed by atoms with Gasteiger partial charge in [0, 0.05) is 11.5 Å². The summed E-state index contributed by atoms with van der Waals surface area (Å²) in [5.41, 5.74) is 0.0394. The highest BCUT2D eigenvalue weighted by molar-refractivity contribution is 7.92. The zero-order valence-electron chi connectivity index (χ0n) is 14.4. The van der Waals surface area contributed by atoms with Gasteiger partial charge in [0.05, 0.1) is 31.7 Å². The minimum Gasteiger partial charge on any atom is -0.259 e. The lowest BCUT2D eigenvalue weighted by atomic mass is 10.2. The molecule has 1 aromatic heterocycles. The Balaban J connectivity index is 1.62. The van der Waals surface area contributed by atoms with Crippen LogP contribution in [0.1, 0.15) is 11.1 Å². The lowest BCUT2D eigenvalue weighted by Gasteiger charge is -2.29. The molecule has 2 heterocycles. The molecule has 0 amide bonds. The third kappa shape index (κ3) is 4.86. The maximum absolute atomic E-state index is 12.6. The van der Waals surface area contributed by atoms with Crippen LogP contribution < -0.4 is 9.88 Å². The molecule has 0 aliphatic carbocycles. The lowest BCUT2D eigenvalue weighted by Crippen LogP contribution is -2.49. The summed E-state index contributed by atoms with van der Waals surface area (Å²) in [4.78, 5) is 4.46. The summed E-state index contributed by atoms with van der Waals surface area (Å²) < 4.78 is 64.1. The van der Waals surface area contributed by atoms with Gasteiger partial charge in [-0.25, -0.2) is 13.4 Å². The van der Waals surface area contributed by atoms with Crippen molar-refractivity contribution in [3.05, 3.63) is 65.2 Å². The molecule has 0 bridgehead atoms. The fraction of sp³-hybridized carbons (Fsp3) is 0.278. The second kappa shape index (κ2) is 7.69. The van der Waals surface area contributed by atoms with Gasteiger partial charge in [-0.05, 0) is 17.7 Å². The molecule has 1 fully saturated rings. The minimum atomic E-state index is -4.40. The number of aromatic amines is 1. The van der Waals surface area contributed by atoms with Gasteiger partial charge in [-0.3, -0.25) is 4.90 Å². The van der Waals surface area contributed by atoms with Gasteiger partial charge in [0.25, 0.3) is 5.82 Å². The van der Waals surface area contributed by atoms with Gasteiger partial charge in [-0.15, -0.1) is 0 Å². The van der Waals surface area contributed by atoms with Crippen LogP contribution in [0.2, 0.25) is 0 Å². The second-order valence-corrected chi connectivity index (χ2v) is 7.92. The molecule has 1 aromatic carbocycles. The van der Waals surface area contributed by atoms with Gasteiger partial charge < -0.3 is 0 Å². The Hall–Kier alpha value is -2.39. The highest BCUT2D eigenvalue weighted by Crippen LogP contribution is 2.28. The predicted molar refractivity (Wildman–Crippen MR) is 96.2 cm³/mol. The molecule has 0 radical (unpaired) electrons. The van der Waals surface area contributed by atoms with Crippen LogP contribution in [0.3, 0.4) is 0 Å². The van der Waals surface area contributed by atoms with Crippen LogP contribution in [0.5, 0.6) is 0 Å². The van der Waals surface area contributed by atoms with Crippen molar-refractivity contribution in [1.82, 2.24) is 4.31 Å². The van der Waals surface area contributed by atoms with E-state index in [0.29, 0.717) is 18.9 Å². The standard InChI is InChI=1S/C18H18F3N3O2S/c19-18(20,21)16-6-7-17(22-14-16)23-9-11-24(12-10-23)27(25,26)13-8-15-4-2-1-3-5-15/h1-8,13-14H,9-12H2/p+1/b13-8+. The summed E-state index contributed by atoms with van der Waals surface area (Å²) in [6, 6.07) is 11.5. The Kier molecular flexibility index (Phi) is 5.52. The van der Waals surface area contributed by atoms with Crippen molar-refractivity contribution >= 4 is 21.9 Å². The van der Waals surface area contributed by atoms with Crippen molar-refractivity contribution < 1.29 is 26.6 Å². The van der Waals surface area contributed by atoms with Gasteiger partial charge in [-0.2, -0.15) is 17.5 Å². The SMILES string of the molecule is O=S(=O)(/C=C/c1ccccc1)N1CCN(c2ccc(C(F)(F)F)c[nH+]2)CC1. The van der Waals surface area contributed by atoms with Crippen molar-refractivity contribution in [2.75, 3.05) is 31.1 Å². The number of pyridine rings is 1. The van der Waals surface area contributed by atoms with Crippen LogP contribution in [0.25, 0.3) is 6.08 Å². The maximum Gasteiger partial charge on any atom is 0.419 e. The number of alkyl halides is 3. The number of H-pyrrole nitrogens is 1. The van der Waals surface area contributed by atoms with E-state index in [2.05, 4.69) is 4.98 Å². The number of aromatic nitrogens is 1. The Morgan fingerprint density at radius 2 is 1.63 bits per heavy atom. The average Bonchev–Trinajstić information content (AvgIpc) is 2.67. The van der Waals surface area contributed by atoms with E-state index in [-0.39, 0.29) is 13.1 Å². The molecular formula is C18H19F3N3O2S+. The van der Waals surface area contributed by atoms with E-state index in [1.54, 1.807) is 6.08 Å². The monoisotopic (exact) mass is 398 g/mol. The molecule has 0 atom stereocenters. The molecule has 1 aliphatic heterocycles. The number of benzene rings is 1. The number of sulfonamides is 1.